The first-order chi connectivity index (χ1) is 3.27. The second kappa shape index (κ2) is 5.13. The molecule has 0 aliphatic heterocycles. The van der Waals surface area contributed by atoms with Crippen LogP contribution in [0.2, 0.25) is 0 Å². The van der Waals surface area contributed by atoms with Crippen molar-refractivity contribution < 1.29 is 9.79 Å². The van der Waals surface area contributed by atoms with Crippen LogP contribution in [0.15, 0.2) is 0 Å². The Hall–Kier alpha value is 0.988. The quantitative estimate of drug-likeness (QED) is 0.498. The van der Waals surface area contributed by atoms with Gasteiger partial charge in [0.25, 0.3) is 0 Å². The fraction of sp³-hybridized carbons (Fsp3) is 1.00. The van der Waals surface area contributed by atoms with Gasteiger partial charge in [-0.25, -0.2) is 0 Å². The molecule has 0 heterocycles. The minimum atomic E-state index is -3.12. The summed E-state index contributed by atoms with van der Waals surface area (Å²) in [6, 6.07) is 0. The van der Waals surface area contributed by atoms with E-state index in [9.17, 15) is 0 Å². The van der Waals surface area contributed by atoms with E-state index in [1.807, 2.05) is 0 Å². The Morgan fingerprint density at radius 3 is 2.29 bits per heavy atom. The van der Waals surface area contributed by atoms with E-state index in [0.717, 1.165) is 0 Å². The number of alkyl halides is 1. The molecule has 0 bridgehead atoms. The molecule has 0 aromatic rings. The Balaban J connectivity index is 2.68. The Kier molecular flexibility index (Phi) is 5.86. The van der Waals surface area contributed by atoms with E-state index >= 15 is 0 Å². The molecule has 3 nitrogen and oxygen atoms in total. The average Bonchev–Trinajstić information content (AvgIpc) is 1.61. The molecular formula is C2H6ClO3Sb. The van der Waals surface area contributed by atoms with E-state index in [-0.39, 0.29) is 6.61 Å². The van der Waals surface area contributed by atoms with Crippen LogP contribution in [0.4, 0.5) is 0 Å². The summed E-state index contributed by atoms with van der Waals surface area (Å²) in [5.41, 5.74) is 0. The van der Waals surface area contributed by atoms with Gasteiger partial charge in [-0.15, -0.1) is 0 Å². The second-order valence-electron chi connectivity index (χ2n) is 0.775. The Morgan fingerprint density at radius 2 is 2.14 bits per heavy atom. The SMILES string of the molecule is [OH][Sb]([OH])[O]CCCl. The number of hydrogen-bond donors (Lipinski definition) is 2. The minimum absolute atomic E-state index is 0.247. The van der Waals surface area contributed by atoms with Gasteiger partial charge in [-0.1, -0.05) is 0 Å². The van der Waals surface area contributed by atoms with Gasteiger partial charge in [0.2, 0.25) is 0 Å². The van der Waals surface area contributed by atoms with Crippen LogP contribution >= 0.6 is 11.6 Å². The Bertz CT molecular complexity index is 41.9. The van der Waals surface area contributed by atoms with Crippen LogP contribution in [-0.4, -0.2) is 40.7 Å². The van der Waals surface area contributed by atoms with Crippen molar-refractivity contribution in [2.24, 2.45) is 0 Å². The van der Waals surface area contributed by atoms with Crippen molar-refractivity contribution in [3.05, 3.63) is 0 Å². The van der Waals surface area contributed by atoms with E-state index < -0.39 is 21.5 Å². The van der Waals surface area contributed by atoms with E-state index in [2.05, 4.69) is 3.02 Å². The third-order valence-corrected chi connectivity index (χ3v) is 1.62. The van der Waals surface area contributed by atoms with Gasteiger partial charge in [0.1, 0.15) is 0 Å². The summed E-state index contributed by atoms with van der Waals surface area (Å²) in [7, 11) is 0. The predicted molar refractivity (Wildman–Crippen MR) is 26.9 cm³/mol. The van der Waals surface area contributed by atoms with Gasteiger partial charge in [0, 0.05) is 0 Å². The van der Waals surface area contributed by atoms with Crippen molar-refractivity contribution >= 4 is 33.1 Å². The van der Waals surface area contributed by atoms with Crippen LogP contribution in [-0.2, 0) is 3.02 Å². The van der Waals surface area contributed by atoms with Crippen molar-refractivity contribution in [3.8, 4) is 0 Å². The summed E-state index contributed by atoms with van der Waals surface area (Å²) >= 11 is 2.01. The van der Waals surface area contributed by atoms with Gasteiger partial charge in [0.05, 0.1) is 0 Å². The molecule has 0 spiro atoms. The molecule has 2 N–H and O–H groups in total. The third kappa shape index (κ3) is 6.99. The van der Waals surface area contributed by atoms with Crippen LogP contribution in [0.3, 0.4) is 0 Å². The molecule has 0 aromatic heterocycles. The fourth-order valence-electron chi connectivity index (χ4n) is 0.116. The second-order valence-corrected chi connectivity index (χ2v) is 3.33. The molecular weight excluding hydrogens is 229 g/mol. The molecule has 0 radical (unpaired) electrons. The molecule has 0 atom stereocenters. The average molecular weight is 235 g/mol. The summed E-state index contributed by atoms with van der Waals surface area (Å²) in [4.78, 5) is 0. The molecule has 0 saturated carbocycles. The van der Waals surface area contributed by atoms with Crippen molar-refractivity contribution in [1.82, 2.24) is 0 Å². The van der Waals surface area contributed by atoms with Gasteiger partial charge in [0.15, 0.2) is 0 Å². The summed E-state index contributed by atoms with van der Waals surface area (Å²) in [5.74, 6) is 0.321. The van der Waals surface area contributed by atoms with Gasteiger partial charge >= 0.3 is 55.3 Å². The first-order valence-corrected chi connectivity index (χ1v) is 5.50. The molecule has 0 aliphatic rings. The molecule has 5 heteroatoms. The standard InChI is InChI=1S/C2H4ClO.2H2O.Sb/c3-1-2-4;;;/h1-2H2;2*1H2;/q-1;;;+3/p-2. The molecule has 0 aliphatic carbocycles. The summed E-state index contributed by atoms with van der Waals surface area (Å²) < 4.78 is 20.6. The zero-order valence-corrected chi connectivity index (χ0v) is 6.85. The van der Waals surface area contributed by atoms with Gasteiger partial charge in [-0.3, -0.25) is 0 Å². The number of hydrogen-bond acceptors (Lipinski definition) is 3. The summed E-state index contributed by atoms with van der Waals surface area (Å²) in [6.07, 6.45) is 0. The Morgan fingerprint density at radius 1 is 1.57 bits per heavy atom. The molecule has 0 amide bonds. The first kappa shape index (κ1) is 7.99. The van der Waals surface area contributed by atoms with Gasteiger partial charge in [-0.2, -0.15) is 0 Å². The maximum atomic E-state index is 8.14. The number of halogens is 1. The Labute approximate surface area is 55.5 Å². The van der Waals surface area contributed by atoms with Crippen LogP contribution in [0.1, 0.15) is 0 Å². The zero-order chi connectivity index (χ0) is 5.70. The normalized spacial score (nSPS) is 10.3. The van der Waals surface area contributed by atoms with Crippen molar-refractivity contribution in [1.29, 1.82) is 0 Å². The summed E-state index contributed by atoms with van der Waals surface area (Å²) in [5, 5.41) is 0. The summed E-state index contributed by atoms with van der Waals surface area (Å²) in [6.45, 7) is 0.247. The van der Waals surface area contributed by atoms with E-state index in [1.165, 1.54) is 0 Å². The predicted octanol–water partition coefficient (Wildman–Crippen LogP) is -0.789. The van der Waals surface area contributed by atoms with Crippen LogP contribution in [0.5, 0.6) is 0 Å². The topological polar surface area (TPSA) is 49.7 Å². The van der Waals surface area contributed by atoms with Crippen molar-refractivity contribution in [2.45, 2.75) is 0 Å². The van der Waals surface area contributed by atoms with Crippen molar-refractivity contribution in [3.63, 3.8) is 0 Å². The van der Waals surface area contributed by atoms with Crippen LogP contribution in [0, 0.1) is 0 Å². The van der Waals surface area contributed by atoms with Crippen LogP contribution in [0.25, 0.3) is 0 Å². The molecule has 0 rings (SSSR count). The molecule has 44 valence electrons. The zero-order valence-electron chi connectivity index (χ0n) is 3.54. The van der Waals surface area contributed by atoms with E-state index in [4.69, 9.17) is 18.4 Å². The van der Waals surface area contributed by atoms with E-state index in [1.54, 1.807) is 0 Å². The first-order valence-electron chi connectivity index (χ1n) is 1.64. The molecule has 0 saturated heterocycles. The fourth-order valence-corrected chi connectivity index (χ4v) is 1.24. The third-order valence-electron chi connectivity index (χ3n) is 0.284. The molecule has 0 fully saturated rings. The van der Waals surface area contributed by atoms with Gasteiger partial charge < -0.3 is 0 Å². The van der Waals surface area contributed by atoms with Gasteiger partial charge in [-0.05, 0) is 0 Å². The molecule has 0 unspecified atom stereocenters. The van der Waals surface area contributed by atoms with Crippen molar-refractivity contribution in [2.75, 3.05) is 12.5 Å². The number of rotatable bonds is 3. The maximum absolute atomic E-state index is 8.14. The van der Waals surface area contributed by atoms with E-state index in [0.29, 0.717) is 5.88 Å². The molecule has 0 aromatic carbocycles. The monoisotopic (exact) mass is 234 g/mol. The molecule has 7 heavy (non-hydrogen) atoms. The van der Waals surface area contributed by atoms with Crippen LogP contribution < -0.4 is 0 Å².